The lowest BCUT2D eigenvalue weighted by molar-refractivity contribution is -0.0310. The van der Waals surface area contributed by atoms with E-state index in [0.717, 1.165) is 32.2 Å². The Morgan fingerprint density at radius 2 is 2.21 bits per heavy atom. The molecule has 0 atom stereocenters. The minimum atomic E-state index is -0.462. The van der Waals surface area contributed by atoms with Crippen LogP contribution in [0, 0.1) is 0 Å². The summed E-state index contributed by atoms with van der Waals surface area (Å²) >= 11 is 0. The zero-order valence-corrected chi connectivity index (χ0v) is 8.37. The fourth-order valence-electron chi connectivity index (χ4n) is 1.53. The third kappa shape index (κ3) is 3.51. The van der Waals surface area contributed by atoms with Crippen LogP contribution in [-0.2, 0) is 0 Å². The Morgan fingerprint density at radius 1 is 1.50 bits per heavy atom. The van der Waals surface area contributed by atoms with E-state index in [-0.39, 0.29) is 5.84 Å². The Kier molecular flexibility index (Phi) is 4.16. The largest absolute Gasteiger partial charge is 0.409 e. The summed E-state index contributed by atoms with van der Waals surface area (Å²) < 4.78 is 0. The molecular formula is C9H19N3O2. The number of aliphatic hydroxyl groups is 1. The zero-order chi connectivity index (χ0) is 10.4. The summed E-state index contributed by atoms with van der Waals surface area (Å²) in [7, 11) is 0. The fourth-order valence-corrected chi connectivity index (χ4v) is 1.53. The summed E-state index contributed by atoms with van der Waals surface area (Å²) in [6, 6.07) is 0. The molecule has 1 rings (SSSR count). The highest BCUT2D eigenvalue weighted by atomic mass is 16.4. The topological polar surface area (TPSA) is 90.9 Å². The van der Waals surface area contributed by atoms with E-state index >= 15 is 0 Å². The van der Waals surface area contributed by atoms with Gasteiger partial charge in [-0.25, -0.2) is 0 Å². The van der Waals surface area contributed by atoms with Crippen molar-refractivity contribution >= 4 is 5.84 Å². The van der Waals surface area contributed by atoms with E-state index in [1.807, 2.05) is 0 Å². The molecule has 0 bridgehead atoms. The molecule has 5 N–H and O–H groups in total. The number of nitrogens with zero attached hydrogens (tertiary/aromatic N) is 1. The quantitative estimate of drug-likeness (QED) is 0.160. The summed E-state index contributed by atoms with van der Waals surface area (Å²) in [6.07, 6.45) is 4.34. The molecule has 0 saturated heterocycles. The molecule has 1 aliphatic rings. The first-order chi connectivity index (χ1) is 6.66. The van der Waals surface area contributed by atoms with Crippen molar-refractivity contribution in [3.05, 3.63) is 0 Å². The van der Waals surface area contributed by atoms with Gasteiger partial charge in [0.2, 0.25) is 0 Å². The van der Waals surface area contributed by atoms with Gasteiger partial charge in [-0.05, 0) is 32.2 Å². The SMILES string of the molecule is NC(CCCNCC1(O)CCC1)=NO. The van der Waals surface area contributed by atoms with Crippen LogP contribution in [0.25, 0.3) is 0 Å². The van der Waals surface area contributed by atoms with Crippen LogP contribution in [0.3, 0.4) is 0 Å². The van der Waals surface area contributed by atoms with Crippen molar-refractivity contribution in [1.82, 2.24) is 5.32 Å². The molecule has 0 spiro atoms. The maximum absolute atomic E-state index is 9.71. The second-order valence-electron chi connectivity index (χ2n) is 3.95. The second kappa shape index (κ2) is 5.17. The highest BCUT2D eigenvalue weighted by Crippen LogP contribution is 2.30. The molecule has 14 heavy (non-hydrogen) atoms. The van der Waals surface area contributed by atoms with Gasteiger partial charge in [-0.1, -0.05) is 5.16 Å². The molecule has 0 aromatic heterocycles. The van der Waals surface area contributed by atoms with Crippen molar-refractivity contribution < 1.29 is 10.3 Å². The van der Waals surface area contributed by atoms with Gasteiger partial charge < -0.3 is 21.4 Å². The molecule has 82 valence electrons. The molecule has 1 saturated carbocycles. The Hall–Kier alpha value is -0.810. The standard InChI is InChI=1S/C9H19N3O2/c10-8(12-14)3-1-6-11-7-9(13)4-2-5-9/h11,13-14H,1-7H2,(H2,10,12). The average Bonchev–Trinajstić information content (AvgIpc) is 2.14. The molecule has 0 aromatic carbocycles. The van der Waals surface area contributed by atoms with Gasteiger partial charge in [-0.3, -0.25) is 0 Å². The predicted molar refractivity (Wildman–Crippen MR) is 54.3 cm³/mol. The van der Waals surface area contributed by atoms with Crippen LogP contribution < -0.4 is 11.1 Å². The molecule has 0 aromatic rings. The normalized spacial score (nSPS) is 20.5. The van der Waals surface area contributed by atoms with Gasteiger partial charge in [0.1, 0.15) is 5.84 Å². The van der Waals surface area contributed by atoms with E-state index in [1.54, 1.807) is 0 Å². The summed E-state index contributed by atoms with van der Waals surface area (Å²) in [5, 5.41) is 24.0. The van der Waals surface area contributed by atoms with Crippen LogP contribution in [0.15, 0.2) is 5.16 Å². The minimum absolute atomic E-state index is 0.258. The first-order valence-electron chi connectivity index (χ1n) is 5.06. The van der Waals surface area contributed by atoms with Crippen molar-refractivity contribution in [2.75, 3.05) is 13.1 Å². The van der Waals surface area contributed by atoms with Crippen LogP contribution in [0.2, 0.25) is 0 Å². The molecule has 5 heteroatoms. The van der Waals surface area contributed by atoms with Gasteiger partial charge in [0, 0.05) is 13.0 Å². The Balaban J connectivity index is 1.94. The number of rotatable bonds is 6. The molecule has 0 radical (unpaired) electrons. The van der Waals surface area contributed by atoms with Gasteiger partial charge >= 0.3 is 0 Å². The van der Waals surface area contributed by atoms with Crippen LogP contribution in [-0.4, -0.2) is 34.8 Å². The maximum Gasteiger partial charge on any atom is 0.139 e. The predicted octanol–water partition coefficient (Wildman–Crippen LogP) is 0.0176. The van der Waals surface area contributed by atoms with Crippen molar-refractivity contribution in [2.24, 2.45) is 10.9 Å². The third-order valence-electron chi connectivity index (χ3n) is 2.65. The van der Waals surface area contributed by atoms with E-state index in [9.17, 15) is 5.11 Å². The van der Waals surface area contributed by atoms with Crippen LogP contribution >= 0.6 is 0 Å². The zero-order valence-electron chi connectivity index (χ0n) is 8.37. The first-order valence-corrected chi connectivity index (χ1v) is 5.06. The molecule has 0 heterocycles. The molecule has 5 nitrogen and oxygen atoms in total. The molecule has 0 amide bonds. The van der Waals surface area contributed by atoms with E-state index in [1.165, 1.54) is 0 Å². The molecular weight excluding hydrogens is 182 g/mol. The molecule has 1 aliphatic carbocycles. The van der Waals surface area contributed by atoms with Gasteiger partial charge in [-0.15, -0.1) is 0 Å². The lowest BCUT2D eigenvalue weighted by atomic mass is 9.80. The number of oxime groups is 1. The summed E-state index contributed by atoms with van der Waals surface area (Å²) in [5.74, 6) is 0.258. The Morgan fingerprint density at radius 3 is 2.71 bits per heavy atom. The van der Waals surface area contributed by atoms with E-state index < -0.39 is 5.60 Å². The van der Waals surface area contributed by atoms with E-state index in [0.29, 0.717) is 13.0 Å². The third-order valence-corrected chi connectivity index (χ3v) is 2.65. The van der Waals surface area contributed by atoms with Crippen molar-refractivity contribution in [2.45, 2.75) is 37.7 Å². The molecule has 0 aliphatic heterocycles. The highest BCUT2D eigenvalue weighted by Gasteiger charge is 2.33. The van der Waals surface area contributed by atoms with Gasteiger partial charge in [0.25, 0.3) is 0 Å². The summed E-state index contributed by atoms with van der Waals surface area (Å²) in [4.78, 5) is 0. The molecule has 0 unspecified atom stereocenters. The summed E-state index contributed by atoms with van der Waals surface area (Å²) in [6.45, 7) is 1.45. The lowest BCUT2D eigenvalue weighted by Crippen LogP contribution is -2.46. The monoisotopic (exact) mass is 201 g/mol. The smallest absolute Gasteiger partial charge is 0.139 e. The number of hydrogen-bond donors (Lipinski definition) is 4. The van der Waals surface area contributed by atoms with Crippen molar-refractivity contribution in [1.29, 1.82) is 0 Å². The average molecular weight is 201 g/mol. The number of nitrogens with two attached hydrogens (primary N) is 1. The second-order valence-corrected chi connectivity index (χ2v) is 3.95. The number of hydrogen-bond acceptors (Lipinski definition) is 4. The van der Waals surface area contributed by atoms with Crippen LogP contribution in [0.4, 0.5) is 0 Å². The Bertz CT molecular complexity index is 202. The number of nitrogens with one attached hydrogen (secondary N) is 1. The molecule has 1 fully saturated rings. The first kappa shape index (κ1) is 11.3. The Labute approximate surface area is 84.0 Å². The fraction of sp³-hybridized carbons (Fsp3) is 0.889. The van der Waals surface area contributed by atoms with Crippen molar-refractivity contribution in [3.8, 4) is 0 Å². The van der Waals surface area contributed by atoms with E-state index in [2.05, 4.69) is 10.5 Å². The van der Waals surface area contributed by atoms with Crippen LogP contribution in [0.1, 0.15) is 32.1 Å². The number of amidine groups is 1. The maximum atomic E-state index is 9.71. The van der Waals surface area contributed by atoms with Gasteiger partial charge in [-0.2, -0.15) is 0 Å². The minimum Gasteiger partial charge on any atom is -0.409 e. The van der Waals surface area contributed by atoms with Crippen LogP contribution in [0.5, 0.6) is 0 Å². The van der Waals surface area contributed by atoms with Gasteiger partial charge in [0.05, 0.1) is 5.60 Å². The van der Waals surface area contributed by atoms with Crippen molar-refractivity contribution in [3.63, 3.8) is 0 Å². The van der Waals surface area contributed by atoms with Gasteiger partial charge in [0.15, 0.2) is 0 Å². The highest BCUT2D eigenvalue weighted by molar-refractivity contribution is 5.79. The van der Waals surface area contributed by atoms with E-state index in [4.69, 9.17) is 10.9 Å². The lowest BCUT2D eigenvalue weighted by Gasteiger charge is -2.36. The summed E-state index contributed by atoms with van der Waals surface area (Å²) in [5.41, 5.74) is 4.84.